The first kappa shape index (κ1) is 25.6. The summed E-state index contributed by atoms with van der Waals surface area (Å²) in [6.45, 7) is 0. The van der Waals surface area contributed by atoms with Crippen molar-refractivity contribution in [1.29, 1.82) is 0 Å². The summed E-state index contributed by atoms with van der Waals surface area (Å²) in [6, 6.07) is 53.4. The third kappa shape index (κ3) is 3.37. The van der Waals surface area contributed by atoms with Gasteiger partial charge in [-0.15, -0.1) is 0 Å². The van der Waals surface area contributed by atoms with Crippen molar-refractivity contribution in [3.63, 3.8) is 0 Å². The summed E-state index contributed by atoms with van der Waals surface area (Å²) in [5.74, 6) is 0. The van der Waals surface area contributed by atoms with Crippen LogP contribution < -0.4 is 0 Å². The van der Waals surface area contributed by atoms with Crippen LogP contribution in [0, 0.1) is 0 Å². The number of furan rings is 1. The van der Waals surface area contributed by atoms with Crippen LogP contribution in [0.1, 0.15) is 0 Å². The highest BCUT2D eigenvalue weighted by Gasteiger charge is 2.25. The van der Waals surface area contributed by atoms with Gasteiger partial charge in [0.2, 0.25) is 0 Å². The van der Waals surface area contributed by atoms with Crippen LogP contribution in [-0.4, -0.2) is 14.1 Å². The number of aromatic nitrogens is 3. The number of hydrogen-bond donors (Lipinski definition) is 0. The first-order valence-electron chi connectivity index (χ1n) is 16.1. The van der Waals surface area contributed by atoms with Crippen molar-refractivity contribution in [3.8, 4) is 22.8 Å². The van der Waals surface area contributed by atoms with E-state index in [1.807, 2.05) is 24.3 Å². The van der Waals surface area contributed by atoms with Gasteiger partial charge in [0.05, 0.1) is 27.5 Å². The van der Waals surface area contributed by atoms with Crippen molar-refractivity contribution in [3.05, 3.63) is 152 Å². The van der Waals surface area contributed by atoms with Crippen LogP contribution in [0.4, 0.5) is 0 Å². The van der Waals surface area contributed by atoms with E-state index >= 15 is 0 Å². The van der Waals surface area contributed by atoms with Crippen LogP contribution in [0.2, 0.25) is 0 Å². The molecule has 4 aromatic heterocycles. The van der Waals surface area contributed by atoms with Crippen LogP contribution >= 0.6 is 0 Å². The maximum atomic E-state index is 6.94. The molecule has 0 N–H and O–H groups in total. The molecule has 48 heavy (non-hydrogen) atoms. The molecule has 7 aromatic carbocycles. The fraction of sp³-hybridized carbons (Fsp3) is 0. The first-order valence-corrected chi connectivity index (χ1v) is 16.1. The molecule has 0 spiro atoms. The second-order valence-corrected chi connectivity index (χ2v) is 12.3. The Hall–Kier alpha value is -6.59. The van der Waals surface area contributed by atoms with Gasteiger partial charge in [-0.05, 0) is 48.0 Å². The molecule has 5 heteroatoms. The predicted molar refractivity (Wildman–Crippen MR) is 195 cm³/mol. The highest BCUT2D eigenvalue weighted by Crippen LogP contribution is 2.44. The molecule has 0 atom stereocenters. The summed E-state index contributed by atoms with van der Waals surface area (Å²) in [4.78, 5) is 5.28. The van der Waals surface area contributed by atoms with Crippen molar-refractivity contribution in [2.45, 2.75) is 0 Å². The Bertz CT molecular complexity index is 3050. The number of rotatable bonds is 3. The molecule has 0 amide bonds. The highest BCUT2D eigenvalue weighted by atomic mass is 16.4. The van der Waals surface area contributed by atoms with Gasteiger partial charge in [-0.3, -0.25) is 4.57 Å². The zero-order chi connectivity index (χ0) is 31.3. The maximum absolute atomic E-state index is 6.94. The molecular formula is C43H25N3O2. The van der Waals surface area contributed by atoms with Crippen LogP contribution in [-0.2, 0) is 0 Å². The Morgan fingerprint density at radius 1 is 0.458 bits per heavy atom. The number of hydrogen-bond acceptors (Lipinski definition) is 3. The molecule has 0 aliphatic heterocycles. The van der Waals surface area contributed by atoms with Crippen molar-refractivity contribution in [2.24, 2.45) is 0 Å². The summed E-state index contributed by atoms with van der Waals surface area (Å²) in [5, 5.41) is 6.59. The maximum Gasteiger partial charge on any atom is 0.307 e. The SMILES string of the molecule is c1ccc(-c2cc3nc(-n4c5ccccc5c5ccc6c(c7ccccc7n6-c6ccccc6)c54)oc3c3c2oc2ccccc23)cc1. The fourth-order valence-corrected chi connectivity index (χ4v) is 7.75. The topological polar surface area (TPSA) is 49.0 Å². The summed E-state index contributed by atoms with van der Waals surface area (Å²) in [5.41, 5.74) is 10.7. The van der Waals surface area contributed by atoms with Gasteiger partial charge in [-0.25, -0.2) is 0 Å². The van der Waals surface area contributed by atoms with E-state index in [2.05, 4.69) is 137 Å². The summed E-state index contributed by atoms with van der Waals surface area (Å²) in [6.07, 6.45) is 0. The van der Waals surface area contributed by atoms with E-state index in [4.69, 9.17) is 13.8 Å². The second-order valence-electron chi connectivity index (χ2n) is 12.3. The van der Waals surface area contributed by atoms with Crippen LogP contribution in [0.15, 0.2) is 160 Å². The molecule has 0 aliphatic rings. The molecule has 0 radical (unpaired) electrons. The van der Waals surface area contributed by atoms with Gasteiger partial charge in [0.15, 0.2) is 5.58 Å². The standard InChI is InChI=1S/C43H25N3O2/c1-3-13-26(14-4-1)32-25-33-42(39-31-19-9-12-22-37(31)47-41(32)39)48-43(44-33)46-34-20-10-7-17-28(34)29-23-24-36-38(40(29)46)30-18-8-11-21-35(30)45(36)27-15-5-2-6-16-27/h1-25H. The van der Waals surface area contributed by atoms with Gasteiger partial charge >= 0.3 is 6.01 Å². The van der Waals surface area contributed by atoms with Crippen molar-refractivity contribution < 1.29 is 8.83 Å². The van der Waals surface area contributed by atoms with E-state index < -0.39 is 0 Å². The average Bonchev–Trinajstić information content (AvgIpc) is 3.90. The minimum Gasteiger partial charge on any atom is -0.455 e. The molecule has 0 saturated heterocycles. The van der Waals surface area contributed by atoms with Crippen LogP contribution in [0.25, 0.3) is 99.5 Å². The number of para-hydroxylation sites is 4. The normalized spacial score (nSPS) is 12.2. The lowest BCUT2D eigenvalue weighted by atomic mass is 10.0. The molecule has 0 bridgehead atoms. The molecule has 11 aromatic rings. The lowest BCUT2D eigenvalue weighted by Crippen LogP contribution is -1.95. The number of fused-ring (bicyclic) bond motifs is 12. The molecule has 0 fully saturated rings. The fourth-order valence-electron chi connectivity index (χ4n) is 7.75. The van der Waals surface area contributed by atoms with Gasteiger partial charge in [-0.2, -0.15) is 4.98 Å². The van der Waals surface area contributed by atoms with Gasteiger partial charge in [0, 0.05) is 38.2 Å². The summed E-state index contributed by atoms with van der Waals surface area (Å²) < 4.78 is 18.0. The van der Waals surface area contributed by atoms with E-state index in [1.165, 1.54) is 5.39 Å². The molecular weight excluding hydrogens is 590 g/mol. The molecule has 0 aliphatic carbocycles. The Balaban J connectivity index is 1.31. The molecule has 0 saturated carbocycles. The minimum atomic E-state index is 0.525. The Morgan fingerprint density at radius 3 is 1.94 bits per heavy atom. The third-order valence-corrected chi connectivity index (χ3v) is 9.75. The lowest BCUT2D eigenvalue weighted by Gasteiger charge is -2.08. The zero-order valence-corrected chi connectivity index (χ0v) is 25.6. The van der Waals surface area contributed by atoms with Crippen molar-refractivity contribution >= 4 is 76.6 Å². The van der Waals surface area contributed by atoms with Gasteiger partial charge in [-0.1, -0.05) is 109 Å². The Kier molecular flexibility index (Phi) is 5.05. The molecule has 224 valence electrons. The van der Waals surface area contributed by atoms with Crippen LogP contribution in [0.5, 0.6) is 0 Å². The van der Waals surface area contributed by atoms with E-state index in [-0.39, 0.29) is 0 Å². The summed E-state index contributed by atoms with van der Waals surface area (Å²) >= 11 is 0. The van der Waals surface area contributed by atoms with E-state index in [9.17, 15) is 0 Å². The average molecular weight is 616 g/mol. The van der Waals surface area contributed by atoms with E-state index in [0.717, 1.165) is 88.1 Å². The first-order chi connectivity index (χ1) is 23.8. The molecule has 11 rings (SSSR count). The third-order valence-electron chi connectivity index (χ3n) is 9.75. The zero-order valence-electron chi connectivity index (χ0n) is 25.6. The van der Waals surface area contributed by atoms with E-state index in [0.29, 0.717) is 6.01 Å². The Morgan fingerprint density at radius 2 is 1.12 bits per heavy atom. The van der Waals surface area contributed by atoms with E-state index in [1.54, 1.807) is 0 Å². The highest BCUT2D eigenvalue weighted by molar-refractivity contribution is 6.26. The second kappa shape index (κ2) is 9.47. The molecule has 5 nitrogen and oxygen atoms in total. The minimum absolute atomic E-state index is 0.525. The van der Waals surface area contributed by atoms with Gasteiger partial charge < -0.3 is 13.4 Å². The monoisotopic (exact) mass is 615 g/mol. The van der Waals surface area contributed by atoms with Crippen molar-refractivity contribution in [1.82, 2.24) is 14.1 Å². The Labute approximate surface area is 273 Å². The molecule has 0 unspecified atom stereocenters. The van der Waals surface area contributed by atoms with Crippen LogP contribution in [0.3, 0.4) is 0 Å². The number of benzene rings is 7. The van der Waals surface area contributed by atoms with Gasteiger partial charge in [0.25, 0.3) is 0 Å². The number of nitrogens with zero attached hydrogens (tertiary/aromatic N) is 3. The molecule has 4 heterocycles. The predicted octanol–water partition coefficient (Wildman–Crippen LogP) is 11.6. The summed E-state index contributed by atoms with van der Waals surface area (Å²) in [7, 11) is 0. The number of oxazole rings is 1. The van der Waals surface area contributed by atoms with Crippen molar-refractivity contribution in [2.75, 3.05) is 0 Å². The quantitative estimate of drug-likeness (QED) is 0.199. The van der Waals surface area contributed by atoms with Gasteiger partial charge in [0.1, 0.15) is 16.7 Å². The largest absolute Gasteiger partial charge is 0.455 e. The smallest absolute Gasteiger partial charge is 0.307 e. The lowest BCUT2D eigenvalue weighted by molar-refractivity contribution is 0.577.